The molecule has 134 valence electrons. The summed E-state index contributed by atoms with van der Waals surface area (Å²) >= 11 is 1.37. The maximum atomic E-state index is 8.52. The molecule has 1 heterocycles. The summed E-state index contributed by atoms with van der Waals surface area (Å²) in [5, 5.41) is 25.3. The van der Waals surface area contributed by atoms with Crippen molar-refractivity contribution in [2.75, 3.05) is 12.9 Å². The minimum absolute atomic E-state index is 0.157. The van der Waals surface area contributed by atoms with Crippen molar-refractivity contribution in [1.29, 1.82) is 10.8 Å². The molecule has 1 aliphatic rings. The van der Waals surface area contributed by atoms with Crippen molar-refractivity contribution < 1.29 is 4.74 Å². The number of thioether (sulfide) groups is 1. The van der Waals surface area contributed by atoms with Crippen LogP contribution in [0.1, 0.15) is 11.1 Å². The van der Waals surface area contributed by atoms with Gasteiger partial charge in [0.05, 0.1) is 12.8 Å². The Morgan fingerprint density at radius 1 is 1.04 bits per heavy atom. The number of amidine groups is 2. The molecule has 0 spiro atoms. The van der Waals surface area contributed by atoms with Gasteiger partial charge < -0.3 is 4.74 Å². The Balaban J connectivity index is 1.69. The van der Waals surface area contributed by atoms with E-state index in [1.54, 1.807) is 13.2 Å². The van der Waals surface area contributed by atoms with Crippen molar-refractivity contribution in [3.05, 3.63) is 77.9 Å². The summed E-state index contributed by atoms with van der Waals surface area (Å²) in [6.07, 6.45) is 0. The average Bonchev–Trinajstić information content (AvgIpc) is 2.73. The van der Waals surface area contributed by atoms with Gasteiger partial charge in [-0.2, -0.15) is 10.1 Å². The lowest BCUT2D eigenvalue weighted by Crippen LogP contribution is -2.35. The van der Waals surface area contributed by atoms with E-state index in [-0.39, 0.29) is 11.0 Å². The van der Waals surface area contributed by atoms with Crippen LogP contribution in [-0.4, -0.2) is 34.6 Å². The zero-order chi connectivity index (χ0) is 18.8. The number of ether oxygens (including phenoxy) is 1. The molecule has 0 atom stereocenters. The highest BCUT2D eigenvalue weighted by molar-refractivity contribution is 8.14. The maximum absolute atomic E-state index is 8.52. The smallest absolute Gasteiger partial charge is 0.183 e. The van der Waals surface area contributed by atoms with Gasteiger partial charge in [-0.3, -0.25) is 10.8 Å². The second kappa shape index (κ2) is 7.25. The van der Waals surface area contributed by atoms with Gasteiger partial charge in [0, 0.05) is 11.3 Å². The monoisotopic (exact) mass is 374 g/mol. The van der Waals surface area contributed by atoms with Crippen LogP contribution in [0.2, 0.25) is 0 Å². The van der Waals surface area contributed by atoms with Crippen LogP contribution in [0.15, 0.2) is 71.8 Å². The Labute approximate surface area is 161 Å². The summed E-state index contributed by atoms with van der Waals surface area (Å²) in [6, 6.07) is 21.7. The van der Waals surface area contributed by atoms with E-state index in [1.165, 1.54) is 22.2 Å². The third kappa shape index (κ3) is 3.44. The molecule has 0 aromatic heterocycles. The quantitative estimate of drug-likeness (QED) is 0.521. The molecule has 0 aliphatic carbocycles. The first-order valence-corrected chi connectivity index (χ1v) is 9.45. The molecule has 27 heavy (non-hydrogen) atoms. The zero-order valence-electron chi connectivity index (χ0n) is 14.8. The molecule has 5 nitrogen and oxygen atoms in total. The lowest BCUT2D eigenvalue weighted by atomic mass is 10.0. The van der Waals surface area contributed by atoms with E-state index in [1.807, 2.05) is 36.4 Å². The van der Waals surface area contributed by atoms with E-state index in [2.05, 4.69) is 29.4 Å². The van der Waals surface area contributed by atoms with Crippen LogP contribution >= 0.6 is 11.8 Å². The van der Waals surface area contributed by atoms with E-state index < -0.39 is 0 Å². The Morgan fingerprint density at radius 3 is 2.67 bits per heavy atom. The third-order valence-corrected chi connectivity index (χ3v) is 5.26. The average molecular weight is 374 g/mol. The molecular weight excluding hydrogens is 356 g/mol. The molecule has 3 aromatic rings. The molecule has 2 N–H and O–H groups in total. The molecular formula is C21H18N4OS. The number of nitrogens with one attached hydrogen (secondary N) is 2. The number of benzene rings is 3. The summed E-state index contributed by atoms with van der Waals surface area (Å²) in [5.41, 5.74) is 2.52. The second-order valence-electron chi connectivity index (χ2n) is 6.09. The number of hydrogen-bond donors (Lipinski definition) is 2. The highest BCUT2D eigenvalue weighted by Gasteiger charge is 2.24. The molecule has 3 aromatic carbocycles. The van der Waals surface area contributed by atoms with Crippen LogP contribution in [0.4, 0.5) is 0 Å². The van der Waals surface area contributed by atoms with Crippen molar-refractivity contribution in [2.45, 2.75) is 0 Å². The van der Waals surface area contributed by atoms with Crippen LogP contribution in [0, 0.1) is 10.8 Å². The highest BCUT2D eigenvalue weighted by Crippen LogP contribution is 2.24. The van der Waals surface area contributed by atoms with Gasteiger partial charge in [0.2, 0.25) is 0 Å². The molecule has 4 rings (SSSR count). The molecule has 0 bridgehead atoms. The molecule has 0 unspecified atom stereocenters. The SMILES string of the molecule is COc1cccc(C(=N)N2N=C(c3ccc4ccccc4c3)CSC2=N)c1. The topological polar surface area (TPSA) is 72.5 Å². The second-order valence-corrected chi connectivity index (χ2v) is 7.06. The first kappa shape index (κ1) is 17.3. The Kier molecular flexibility index (Phi) is 4.64. The third-order valence-electron chi connectivity index (χ3n) is 4.40. The number of hydrazone groups is 1. The fourth-order valence-electron chi connectivity index (χ4n) is 2.95. The lowest BCUT2D eigenvalue weighted by molar-refractivity contribution is 0.414. The molecule has 6 heteroatoms. The Bertz CT molecular complexity index is 1080. The van der Waals surface area contributed by atoms with Gasteiger partial charge in [0.15, 0.2) is 11.0 Å². The summed E-state index contributed by atoms with van der Waals surface area (Å²) < 4.78 is 5.24. The molecule has 0 saturated carbocycles. The van der Waals surface area contributed by atoms with Crippen LogP contribution in [0.3, 0.4) is 0 Å². The molecule has 0 radical (unpaired) electrons. The van der Waals surface area contributed by atoms with Gasteiger partial charge in [-0.05, 0) is 34.5 Å². The number of methoxy groups -OCH3 is 1. The van der Waals surface area contributed by atoms with Gasteiger partial charge in [-0.1, -0.05) is 60.3 Å². The number of rotatable bonds is 3. The minimum Gasteiger partial charge on any atom is -0.497 e. The van der Waals surface area contributed by atoms with Gasteiger partial charge >= 0.3 is 0 Å². The van der Waals surface area contributed by atoms with E-state index in [4.69, 9.17) is 15.6 Å². The van der Waals surface area contributed by atoms with E-state index in [0.29, 0.717) is 17.1 Å². The molecule has 0 amide bonds. The summed E-state index contributed by atoms with van der Waals surface area (Å²) in [6.45, 7) is 0. The van der Waals surface area contributed by atoms with Crippen molar-refractivity contribution in [3.8, 4) is 5.75 Å². The summed E-state index contributed by atoms with van der Waals surface area (Å²) in [5.74, 6) is 1.44. The van der Waals surface area contributed by atoms with Crippen molar-refractivity contribution >= 4 is 39.2 Å². The standard InChI is InChI=1S/C21H18N4OS/c1-26-18-8-4-7-17(12-18)20(22)25-21(23)27-13-19(24-25)16-10-9-14-5-2-3-6-15(14)11-16/h2-12,22-23H,13H2,1H3. The minimum atomic E-state index is 0.157. The van der Waals surface area contributed by atoms with E-state index >= 15 is 0 Å². The van der Waals surface area contributed by atoms with Gasteiger partial charge in [0.25, 0.3) is 0 Å². The normalized spacial score (nSPS) is 14.2. The van der Waals surface area contributed by atoms with Crippen LogP contribution in [0.5, 0.6) is 5.75 Å². The van der Waals surface area contributed by atoms with Crippen LogP contribution < -0.4 is 4.74 Å². The van der Waals surface area contributed by atoms with Crippen LogP contribution in [-0.2, 0) is 0 Å². The summed E-state index contributed by atoms with van der Waals surface area (Å²) in [7, 11) is 1.59. The molecule has 0 fully saturated rings. The number of fused-ring (bicyclic) bond motifs is 1. The van der Waals surface area contributed by atoms with Crippen molar-refractivity contribution in [2.24, 2.45) is 5.10 Å². The van der Waals surface area contributed by atoms with E-state index in [9.17, 15) is 0 Å². The number of nitrogens with zero attached hydrogens (tertiary/aromatic N) is 2. The predicted molar refractivity (Wildman–Crippen MR) is 112 cm³/mol. The predicted octanol–water partition coefficient (Wildman–Crippen LogP) is 4.56. The first-order chi connectivity index (χ1) is 13.2. The maximum Gasteiger partial charge on any atom is 0.183 e. The molecule has 0 saturated heterocycles. The Hall–Kier alpha value is -3.12. The highest BCUT2D eigenvalue weighted by atomic mass is 32.2. The van der Waals surface area contributed by atoms with E-state index in [0.717, 1.165) is 16.7 Å². The Morgan fingerprint density at radius 2 is 1.85 bits per heavy atom. The fraction of sp³-hybridized carbons (Fsp3) is 0.0952. The number of hydrogen-bond acceptors (Lipinski definition) is 5. The summed E-state index contributed by atoms with van der Waals surface area (Å²) in [4.78, 5) is 0. The zero-order valence-corrected chi connectivity index (χ0v) is 15.6. The first-order valence-electron chi connectivity index (χ1n) is 8.47. The van der Waals surface area contributed by atoms with Gasteiger partial charge in [-0.15, -0.1) is 0 Å². The largest absolute Gasteiger partial charge is 0.497 e. The van der Waals surface area contributed by atoms with Crippen molar-refractivity contribution in [3.63, 3.8) is 0 Å². The van der Waals surface area contributed by atoms with Gasteiger partial charge in [0.1, 0.15) is 5.75 Å². The van der Waals surface area contributed by atoms with Gasteiger partial charge in [-0.25, -0.2) is 0 Å². The fourth-order valence-corrected chi connectivity index (χ4v) is 3.70. The van der Waals surface area contributed by atoms with Crippen molar-refractivity contribution in [1.82, 2.24) is 5.01 Å². The van der Waals surface area contributed by atoms with Crippen LogP contribution in [0.25, 0.3) is 10.8 Å². The molecule has 1 aliphatic heterocycles. The lowest BCUT2D eigenvalue weighted by Gasteiger charge is -2.25.